The van der Waals surface area contributed by atoms with E-state index in [1.165, 1.54) is 17.4 Å². The van der Waals surface area contributed by atoms with Gasteiger partial charge in [0.05, 0.1) is 6.26 Å². The minimum Gasteiger partial charge on any atom is -0.464 e. The minimum atomic E-state index is 0.986. The van der Waals surface area contributed by atoms with Gasteiger partial charge in [-0.05, 0) is 12.5 Å². The fourth-order valence-electron chi connectivity index (χ4n) is 1.52. The van der Waals surface area contributed by atoms with Crippen LogP contribution in [0.15, 0.2) is 41.0 Å². The average molecular weight is 186 g/mol. The van der Waals surface area contributed by atoms with Crippen molar-refractivity contribution in [3.8, 4) is 0 Å². The lowest BCUT2D eigenvalue weighted by atomic mass is 10.1. The molecule has 0 N–H and O–H groups in total. The summed E-state index contributed by atoms with van der Waals surface area (Å²) in [6, 6.07) is 8.20. The van der Waals surface area contributed by atoms with Gasteiger partial charge < -0.3 is 4.42 Å². The van der Waals surface area contributed by atoms with Crippen LogP contribution in [0, 0.1) is 0 Å². The highest BCUT2D eigenvalue weighted by Crippen LogP contribution is 2.20. The number of unbranched alkanes of at least 4 members (excludes halogenated alkanes) is 1. The van der Waals surface area contributed by atoms with Crippen molar-refractivity contribution in [1.82, 2.24) is 0 Å². The Labute approximate surface area is 84.0 Å². The standard InChI is InChI=1S/C13H14O/c1-2-3-4-6-11-7-5-8-12-9-10-14-13(11)12/h4-10H,2-3H2,1H3/b6-4+. The first-order chi connectivity index (χ1) is 6.92. The molecule has 1 aromatic heterocycles. The van der Waals surface area contributed by atoms with Crippen molar-refractivity contribution in [3.63, 3.8) is 0 Å². The number of para-hydroxylation sites is 1. The average Bonchev–Trinajstić information content (AvgIpc) is 2.67. The lowest BCUT2D eigenvalue weighted by Gasteiger charge is -1.94. The molecular weight excluding hydrogens is 172 g/mol. The fraction of sp³-hybridized carbons (Fsp3) is 0.231. The molecule has 2 rings (SSSR count). The monoisotopic (exact) mass is 186 g/mol. The molecule has 72 valence electrons. The van der Waals surface area contributed by atoms with E-state index in [4.69, 9.17) is 4.42 Å². The van der Waals surface area contributed by atoms with E-state index in [9.17, 15) is 0 Å². The van der Waals surface area contributed by atoms with Crippen molar-refractivity contribution < 1.29 is 4.42 Å². The highest BCUT2D eigenvalue weighted by molar-refractivity contribution is 5.85. The molecule has 1 heteroatoms. The Hall–Kier alpha value is -1.50. The highest BCUT2D eigenvalue weighted by Gasteiger charge is 1.99. The second-order valence-electron chi connectivity index (χ2n) is 3.38. The number of benzene rings is 1. The topological polar surface area (TPSA) is 13.1 Å². The Bertz CT molecular complexity index is 437. The van der Waals surface area contributed by atoms with Crippen molar-refractivity contribution in [2.75, 3.05) is 0 Å². The van der Waals surface area contributed by atoms with Crippen LogP contribution in [0.2, 0.25) is 0 Å². The summed E-state index contributed by atoms with van der Waals surface area (Å²) in [5.74, 6) is 0. The molecule has 0 radical (unpaired) electrons. The van der Waals surface area contributed by atoms with Crippen molar-refractivity contribution in [3.05, 3.63) is 42.2 Å². The largest absolute Gasteiger partial charge is 0.464 e. The first-order valence-electron chi connectivity index (χ1n) is 5.04. The van der Waals surface area contributed by atoms with Crippen LogP contribution in [0.4, 0.5) is 0 Å². The molecule has 0 saturated heterocycles. The summed E-state index contributed by atoms with van der Waals surface area (Å²) < 4.78 is 5.43. The molecule has 0 atom stereocenters. The van der Waals surface area contributed by atoms with Crippen LogP contribution in [0.5, 0.6) is 0 Å². The molecule has 1 aromatic carbocycles. The third kappa shape index (κ3) is 1.72. The number of furan rings is 1. The molecule has 0 unspecified atom stereocenters. The smallest absolute Gasteiger partial charge is 0.141 e. The molecule has 14 heavy (non-hydrogen) atoms. The maximum atomic E-state index is 5.43. The lowest BCUT2D eigenvalue weighted by molar-refractivity contribution is 0.615. The highest BCUT2D eigenvalue weighted by atomic mass is 16.3. The van der Waals surface area contributed by atoms with Gasteiger partial charge in [0, 0.05) is 10.9 Å². The van der Waals surface area contributed by atoms with Crippen LogP contribution < -0.4 is 0 Å². The molecule has 0 amide bonds. The van der Waals surface area contributed by atoms with Gasteiger partial charge in [-0.15, -0.1) is 0 Å². The molecular formula is C13H14O. The van der Waals surface area contributed by atoms with Crippen LogP contribution >= 0.6 is 0 Å². The van der Waals surface area contributed by atoms with Gasteiger partial charge >= 0.3 is 0 Å². The quantitative estimate of drug-likeness (QED) is 0.698. The van der Waals surface area contributed by atoms with Crippen molar-refractivity contribution >= 4 is 17.0 Å². The fourth-order valence-corrected chi connectivity index (χ4v) is 1.52. The van der Waals surface area contributed by atoms with Crippen LogP contribution in [0.3, 0.4) is 0 Å². The van der Waals surface area contributed by atoms with Gasteiger partial charge in [-0.2, -0.15) is 0 Å². The van der Waals surface area contributed by atoms with Crippen LogP contribution in [0.25, 0.3) is 17.0 Å². The van der Waals surface area contributed by atoms with Crippen LogP contribution in [0.1, 0.15) is 25.3 Å². The molecule has 0 aliphatic rings. The molecule has 0 saturated carbocycles. The van der Waals surface area contributed by atoms with E-state index in [1.54, 1.807) is 6.26 Å². The van der Waals surface area contributed by atoms with Crippen LogP contribution in [-0.2, 0) is 0 Å². The Morgan fingerprint density at radius 2 is 2.21 bits per heavy atom. The van der Waals surface area contributed by atoms with E-state index >= 15 is 0 Å². The molecule has 2 aromatic rings. The summed E-state index contributed by atoms with van der Waals surface area (Å²) in [4.78, 5) is 0. The van der Waals surface area contributed by atoms with E-state index in [2.05, 4.69) is 37.3 Å². The number of fused-ring (bicyclic) bond motifs is 1. The van der Waals surface area contributed by atoms with Gasteiger partial charge in [0.1, 0.15) is 5.58 Å². The predicted molar refractivity (Wildman–Crippen MR) is 60.2 cm³/mol. The third-order valence-corrected chi connectivity index (χ3v) is 2.26. The number of rotatable bonds is 3. The minimum absolute atomic E-state index is 0.986. The maximum Gasteiger partial charge on any atom is 0.141 e. The van der Waals surface area contributed by atoms with Gasteiger partial charge in [-0.3, -0.25) is 0 Å². The summed E-state index contributed by atoms with van der Waals surface area (Å²) >= 11 is 0. The second kappa shape index (κ2) is 4.14. The van der Waals surface area contributed by atoms with E-state index in [-0.39, 0.29) is 0 Å². The molecule has 1 heterocycles. The van der Waals surface area contributed by atoms with Gasteiger partial charge in [-0.1, -0.05) is 43.7 Å². The van der Waals surface area contributed by atoms with Gasteiger partial charge in [0.2, 0.25) is 0 Å². The molecule has 0 spiro atoms. The Morgan fingerprint density at radius 1 is 1.29 bits per heavy atom. The zero-order valence-corrected chi connectivity index (χ0v) is 8.36. The first-order valence-corrected chi connectivity index (χ1v) is 5.04. The molecule has 1 nitrogen and oxygen atoms in total. The second-order valence-corrected chi connectivity index (χ2v) is 3.38. The Kier molecular flexibility index (Phi) is 2.68. The van der Waals surface area contributed by atoms with Crippen molar-refractivity contribution in [2.45, 2.75) is 19.8 Å². The zero-order valence-electron chi connectivity index (χ0n) is 8.36. The normalized spacial score (nSPS) is 11.5. The zero-order chi connectivity index (χ0) is 9.80. The van der Waals surface area contributed by atoms with Crippen LogP contribution in [-0.4, -0.2) is 0 Å². The molecule has 0 aliphatic heterocycles. The Morgan fingerprint density at radius 3 is 3.07 bits per heavy atom. The molecule has 0 aliphatic carbocycles. The van der Waals surface area contributed by atoms with E-state index in [1.807, 2.05) is 6.07 Å². The number of hydrogen-bond acceptors (Lipinski definition) is 1. The summed E-state index contributed by atoms with van der Waals surface area (Å²) in [6.07, 6.45) is 8.37. The van der Waals surface area contributed by atoms with Crippen molar-refractivity contribution in [1.29, 1.82) is 0 Å². The molecule has 0 fully saturated rings. The van der Waals surface area contributed by atoms with E-state index < -0.39 is 0 Å². The van der Waals surface area contributed by atoms with E-state index in [0.717, 1.165) is 12.0 Å². The van der Waals surface area contributed by atoms with Crippen molar-refractivity contribution in [2.24, 2.45) is 0 Å². The molecule has 0 bridgehead atoms. The Balaban J connectivity index is 2.36. The SMILES string of the molecule is CCC/C=C/c1cccc2ccoc12. The summed E-state index contributed by atoms with van der Waals surface area (Å²) in [7, 11) is 0. The number of hydrogen-bond donors (Lipinski definition) is 0. The van der Waals surface area contributed by atoms with Gasteiger partial charge in [0.25, 0.3) is 0 Å². The number of allylic oxidation sites excluding steroid dienone is 1. The summed E-state index contributed by atoms with van der Waals surface area (Å²) in [6.45, 7) is 2.18. The summed E-state index contributed by atoms with van der Waals surface area (Å²) in [5, 5.41) is 1.17. The van der Waals surface area contributed by atoms with Gasteiger partial charge in [-0.25, -0.2) is 0 Å². The lowest BCUT2D eigenvalue weighted by Crippen LogP contribution is -1.72. The first kappa shape index (κ1) is 9.07. The van der Waals surface area contributed by atoms with Gasteiger partial charge in [0.15, 0.2) is 0 Å². The van der Waals surface area contributed by atoms with E-state index in [0.29, 0.717) is 0 Å². The maximum absolute atomic E-state index is 5.43. The summed E-state index contributed by atoms with van der Waals surface area (Å²) in [5.41, 5.74) is 2.15. The predicted octanol–water partition coefficient (Wildman–Crippen LogP) is 4.25. The third-order valence-electron chi connectivity index (χ3n) is 2.26.